The first kappa shape index (κ1) is 24.8. The topological polar surface area (TPSA) is 101 Å². The first-order valence-corrected chi connectivity index (χ1v) is 13.3. The average Bonchev–Trinajstić information content (AvgIpc) is 3.16. The van der Waals surface area contributed by atoms with Crippen molar-refractivity contribution >= 4 is 56.6 Å². The second-order valence-electron chi connectivity index (χ2n) is 9.78. The molecule has 0 aromatic heterocycles. The van der Waals surface area contributed by atoms with Gasteiger partial charge in [-0.2, -0.15) is 0 Å². The summed E-state index contributed by atoms with van der Waals surface area (Å²) in [6.07, 6.45) is 3.60. The molecule has 0 bridgehead atoms. The Labute approximate surface area is 231 Å². The van der Waals surface area contributed by atoms with Crippen LogP contribution in [0.25, 0.3) is 0 Å². The number of aromatic hydroxyl groups is 1. The van der Waals surface area contributed by atoms with Crippen LogP contribution in [0.3, 0.4) is 0 Å². The third-order valence-corrected chi connectivity index (χ3v) is 8.82. The van der Waals surface area contributed by atoms with Crippen molar-refractivity contribution in [1.29, 1.82) is 0 Å². The van der Waals surface area contributed by atoms with Crippen LogP contribution in [0.5, 0.6) is 11.5 Å². The predicted octanol–water partition coefficient (Wildman–Crippen LogP) is 5.02. The molecule has 6 rings (SSSR count). The molecule has 1 aliphatic heterocycles. The summed E-state index contributed by atoms with van der Waals surface area (Å²) in [6, 6.07) is 11.5. The Balaban J connectivity index is 1.51. The number of phenols is 1. The molecule has 4 aliphatic rings. The molecule has 0 radical (unpaired) electrons. The molecule has 2 aromatic carbocycles. The van der Waals surface area contributed by atoms with E-state index in [9.17, 15) is 24.3 Å². The third kappa shape index (κ3) is 3.54. The van der Waals surface area contributed by atoms with E-state index in [1.165, 1.54) is 18.1 Å². The summed E-state index contributed by atoms with van der Waals surface area (Å²) in [5, 5.41) is 11.6. The molecule has 0 saturated carbocycles. The number of methoxy groups -OCH3 is 1. The van der Waals surface area contributed by atoms with Gasteiger partial charge in [0.15, 0.2) is 23.1 Å². The lowest BCUT2D eigenvalue weighted by Gasteiger charge is -2.42. The first-order valence-electron chi connectivity index (χ1n) is 12.1. The van der Waals surface area contributed by atoms with E-state index in [0.717, 1.165) is 5.57 Å². The van der Waals surface area contributed by atoms with Gasteiger partial charge in [0.25, 0.3) is 0 Å². The number of phenolic OH excluding ortho intramolecular Hbond substituents is 1. The van der Waals surface area contributed by atoms with Crippen LogP contribution in [-0.4, -0.2) is 35.6 Å². The molecule has 4 atom stereocenters. The molecular formula is C29H21BrClNO6. The average molecular weight is 595 g/mol. The fourth-order valence-corrected chi connectivity index (χ4v) is 6.92. The number of imide groups is 1. The molecule has 1 fully saturated rings. The Kier molecular flexibility index (Phi) is 5.92. The van der Waals surface area contributed by atoms with Gasteiger partial charge in [-0.1, -0.05) is 35.4 Å². The van der Waals surface area contributed by atoms with Crippen LogP contribution < -0.4 is 9.64 Å². The number of Topliss-reactive ketones (excluding diaryl/α,β-unsaturated/α-hetero) is 1. The second kappa shape index (κ2) is 9.06. The van der Waals surface area contributed by atoms with E-state index in [-0.39, 0.29) is 51.4 Å². The number of nitrogens with zero attached hydrogens (tertiary/aromatic N) is 1. The monoisotopic (exact) mass is 593 g/mol. The molecule has 7 nitrogen and oxygen atoms in total. The molecule has 0 unspecified atom stereocenters. The molecule has 192 valence electrons. The van der Waals surface area contributed by atoms with Gasteiger partial charge in [-0.25, -0.2) is 0 Å². The molecule has 9 heteroatoms. The standard InChI is InChI=1S/C29H21BrClNO6/c1-38-22-4-2-3-16(27(22)35)23-15-9-10-17-24(18(15)11-19-25(23)21(33)12-20(30)26(19)34)29(37)32(28(17)36)14-7-5-13(31)6-8-14/h2-9,12,17-18,23-24,35H,10-11H2,1H3/t17-,18+,23+,24-/m0/s1. The number of halogens is 2. The SMILES string of the molecule is COc1cccc([C@H]2C3=CC[C@@H]4C(=O)N(c5ccc(Cl)cc5)C(=O)[C@@H]4[C@@H]3CC3=C2C(=O)C=C(Br)C3=O)c1O. The first-order chi connectivity index (χ1) is 18.2. The number of ketones is 2. The van der Waals surface area contributed by atoms with Gasteiger partial charge in [-0.15, -0.1) is 0 Å². The number of hydrogen-bond acceptors (Lipinski definition) is 6. The summed E-state index contributed by atoms with van der Waals surface area (Å²) in [6.45, 7) is 0. The highest BCUT2D eigenvalue weighted by Gasteiger charge is 2.57. The van der Waals surface area contributed by atoms with Crippen molar-refractivity contribution in [1.82, 2.24) is 0 Å². The van der Waals surface area contributed by atoms with Gasteiger partial charge >= 0.3 is 0 Å². The van der Waals surface area contributed by atoms with Crippen molar-refractivity contribution in [2.75, 3.05) is 12.0 Å². The maximum absolute atomic E-state index is 13.9. The number of carbonyl (C=O) groups excluding carboxylic acids is 4. The summed E-state index contributed by atoms with van der Waals surface area (Å²) < 4.78 is 5.46. The predicted molar refractivity (Wildman–Crippen MR) is 143 cm³/mol. The zero-order valence-electron chi connectivity index (χ0n) is 20.1. The molecule has 3 aliphatic carbocycles. The summed E-state index contributed by atoms with van der Waals surface area (Å²) in [7, 11) is 1.43. The molecule has 1 saturated heterocycles. The summed E-state index contributed by atoms with van der Waals surface area (Å²) in [4.78, 5) is 55.2. The number of para-hydroxylation sites is 1. The zero-order valence-corrected chi connectivity index (χ0v) is 22.5. The fourth-order valence-electron chi connectivity index (χ4n) is 6.34. The second-order valence-corrected chi connectivity index (χ2v) is 11.1. The molecule has 1 heterocycles. The number of hydrogen-bond donors (Lipinski definition) is 1. The highest BCUT2D eigenvalue weighted by Crippen LogP contribution is 2.57. The molecule has 0 spiro atoms. The number of amides is 2. The summed E-state index contributed by atoms with van der Waals surface area (Å²) in [5.74, 6) is -3.81. The van der Waals surface area contributed by atoms with Crippen molar-refractivity contribution < 1.29 is 29.0 Å². The van der Waals surface area contributed by atoms with Crippen LogP contribution in [0.1, 0.15) is 24.3 Å². The number of carbonyl (C=O) groups is 4. The minimum absolute atomic E-state index is 0.138. The fraction of sp³-hybridized carbons (Fsp3) is 0.241. The number of rotatable bonds is 3. The summed E-state index contributed by atoms with van der Waals surface area (Å²) >= 11 is 9.23. The van der Waals surface area contributed by atoms with E-state index in [1.807, 2.05) is 6.08 Å². The highest BCUT2D eigenvalue weighted by molar-refractivity contribution is 9.12. The van der Waals surface area contributed by atoms with E-state index in [1.54, 1.807) is 42.5 Å². The van der Waals surface area contributed by atoms with E-state index in [0.29, 0.717) is 28.3 Å². The Hall–Kier alpha value is -3.49. The Morgan fingerprint density at radius 1 is 1.03 bits per heavy atom. The number of fused-ring (bicyclic) bond motifs is 3. The van der Waals surface area contributed by atoms with Crippen LogP contribution in [0, 0.1) is 17.8 Å². The van der Waals surface area contributed by atoms with Crippen molar-refractivity contribution in [2.24, 2.45) is 17.8 Å². The van der Waals surface area contributed by atoms with E-state index in [2.05, 4.69) is 15.9 Å². The normalized spacial score (nSPS) is 26.6. The lowest BCUT2D eigenvalue weighted by molar-refractivity contribution is -0.123. The maximum Gasteiger partial charge on any atom is 0.238 e. The quantitative estimate of drug-likeness (QED) is 0.304. The van der Waals surface area contributed by atoms with Gasteiger partial charge in [0, 0.05) is 33.7 Å². The van der Waals surface area contributed by atoms with E-state index >= 15 is 0 Å². The summed E-state index contributed by atoms with van der Waals surface area (Å²) in [5.41, 5.74) is 2.18. The number of benzene rings is 2. The number of ether oxygens (including phenoxy) is 1. The van der Waals surface area contributed by atoms with E-state index in [4.69, 9.17) is 16.3 Å². The minimum atomic E-state index is -0.763. The lowest BCUT2D eigenvalue weighted by Crippen LogP contribution is -2.39. The number of anilines is 1. The van der Waals surface area contributed by atoms with Gasteiger partial charge in [-0.05, 0) is 65.0 Å². The lowest BCUT2D eigenvalue weighted by atomic mass is 9.59. The van der Waals surface area contributed by atoms with Crippen molar-refractivity contribution in [2.45, 2.75) is 18.8 Å². The van der Waals surface area contributed by atoms with Gasteiger partial charge in [-0.3, -0.25) is 24.1 Å². The van der Waals surface area contributed by atoms with Gasteiger partial charge in [0.05, 0.1) is 29.1 Å². The molecule has 1 N–H and O–H groups in total. The molecular weight excluding hydrogens is 574 g/mol. The smallest absolute Gasteiger partial charge is 0.238 e. The van der Waals surface area contributed by atoms with Crippen LogP contribution in [0.15, 0.2) is 75.8 Å². The minimum Gasteiger partial charge on any atom is -0.504 e. The highest BCUT2D eigenvalue weighted by atomic mass is 79.9. The van der Waals surface area contributed by atoms with E-state index < -0.39 is 23.7 Å². The molecule has 2 aromatic rings. The van der Waals surface area contributed by atoms with Crippen LogP contribution in [0.4, 0.5) is 5.69 Å². The van der Waals surface area contributed by atoms with Gasteiger partial charge < -0.3 is 9.84 Å². The Bertz CT molecular complexity index is 1540. The molecule has 2 amide bonds. The van der Waals surface area contributed by atoms with Crippen molar-refractivity contribution in [3.8, 4) is 11.5 Å². The van der Waals surface area contributed by atoms with Crippen LogP contribution in [0.2, 0.25) is 5.02 Å². The third-order valence-electron chi connectivity index (χ3n) is 7.98. The van der Waals surface area contributed by atoms with Crippen molar-refractivity contribution in [3.63, 3.8) is 0 Å². The zero-order chi connectivity index (χ0) is 26.9. The van der Waals surface area contributed by atoms with Gasteiger partial charge in [0.2, 0.25) is 11.8 Å². The largest absolute Gasteiger partial charge is 0.504 e. The van der Waals surface area contributed by atoms with Crippen LogP contribution in [-0.2, 0) is 19.2 Å². The van der Waals surface area contributed by atoms with Gasteiger partial charge in [0.1, 0.15) is 0 Å². The Morgan fingerprint density at radius 2 is 1.76 bits per heavy atom. The maximum atomic E-state index is 13.9. The van der Waals surface area contributed by atoms with Crippen molar-refractivity contribution in [3.05, 3.63) is 86.4 Å². The molecule has 38 heavy (non-hydrogen) atoms. The number of allylic oxidation sites excluding steroid dienone is 6. The Morgan fingerprint density at radius 3 is 2.47 bits per heavy atom. The van der Waals surface area contributed by atoms with Crippen LogP contribution >= 0.6 is 27.5 Å².